The second-order valence-electron chi connectivity index (χ2n) is 6.05. The van der Waals surface area contributed by atoms with E-state index in [-0.39, 0.29) is 0 Å². The molecule has 12 nitrogen and oxygen atoms in total. The summed E-state index contributed by atoms with van der Waals surface area (Å²) in [6.07, 6.45) is -6.02. The number of carbonyl (C=O) groups excluding carboxylic acids is 6. The maximum Gasteiger partial charge on any atom is 0.303 e. The summed E-state index contributed by atoms with van der Waals surface area (Å²) in [5, 5.41) is 0. The summed E-state index contributed by atoms with van der Waals surface area (Å²) in [5.41, 5.74) is 0. The van der Waals surface area contributed by atoms with Crippen molar-refractivity contribution in [3.05, 3.63) is 0 Å². The second-order valence-corrected chi connectivity index (χ2v) is 6.05. The molecular formula is C18H26O12. The summed E-state index contributed by atoms with van der Waals surface area (Å²) >= 11 is 0. The van der Waals surface area contributed by atoms with Gasteiger partial charge in [-0.15, -0.1) is 0 Å². The molecule has 0 aromatic heterocycles. The van der Waals surface area contributed by atoms with E-state index in [1.165, 1.54) is 0 Å². The van der Waals surface area contributed by atoms with Gasteiger partial charge >= 0.3 is 35.8 Å². The van der Waals surface area contributed by atoms with Crippen LogP contribution in [0.2, 0.25) is 0 Å². The average Bonchev–Trinajstić information content (AvgIpc) is 2.57. The fraction of sp³-hybridized carbons (Fsp3) is 0.667. The molecule has 0 aliphatic heterocycles. The highest BCUT2D eigenvalue weighted by atomic mass is 16.6. The van der Waals surface area contributed by atoms with E-state index in [0.717, 1.165) is 41.5 Å². The Labute approximate surface area is 173 Å². The first kappa shape index (κ1) is 26.8. The molecule has 0 aromatic carbocycles. The highest BCUT2D eigenvalue weighted by Gasteiger charge is 2.44. The molecule has 12 heteroatoms. The van der Waals surface area contributed by atoms with E-state index in [4.69, 9.17) is 28.4 Å². The van der Waals surface area contributed by atoms with Gasteiger partial charge in [-0.2, -0.15) is 0 Å². The summed E-state index contributed by atoms with van der Waals surface area (Å²) in [6.45, 7) is 5.22. The minimum atomic E-state index is -1.57. The van der Waals surface area contributed by atoms with Crippen LogP contribution in [0.5, 0.6) is 0 Å². The normalized spacial score (nSPS) is 14.2. The molecule has 0 fully saturated rings. The Morgan fingerprint density at radius 3 is 0.933 bits per heavy atom. The lowest BCUT2D eigenvalue weighted by Crippen LogP contribution is -2.54. The van der Waals surface area contributed by atoms with Gasteiger partial charge in [-0.25, -0.2) is 0 Å². The van der Waals surface area contributed by atoms with Gasteiger partial charge in [-0.1, -0.05) is 0 Å². The zero-order valence-electron chi connectivity index (χ0n) is 17.6. The molecule has 0 aliphatic rings. The molecule has 0 rings (SSSR count). The van der Waals surface area contributed by atoms with Crippen LogP contribution in [-0.2, 0) is 57.2 Å². The molecule has 0 bridgehead atoms. The van der Waals surface area contributed by atoms with Crippen molar-refractivity contribution in [3.63, 3.8) is 0 Å². The molecule has 0 radical (unpaired) electrons. The zero-order chi connectivity index (χ0) is 23.4. The molecule has 30 heavy (non-hydrogen) atoms. The fourth-order valence-corrected chi connectivity index (χ4v) is 2.31. The monoisotopic (exact) mass is 434 g/mol. The second kappa shape index (κ2) is 13.1. The maximum atomic E-state index is 11.7. The van der Waals surface area contributed by atoms with E-state index < -0.39 is 73.4 Å². The summed E-state index contributed by atoms with van der Waals surface area (Å²) < 4.78 is 30.2. The molecule has 0 amide bonds. The van der Waals surface area contributed by atoms with Gasteiger partial charge in [0.05, 0.1) is 0 Å². The Kier molecular flexibility index (Phi) is 11.7. The summed E-state index contributed by atoms with van der Waals surface area (Å²) in [6, 6.07) is 0. The topological polar surface area (TPSA) is 158 Å². The van der Waals surface area contributed by atoms with Crippen LogP contribution < -0.4 is 0 Å². The predicted molar refractivity (Wildman–Crippen MR) is 95.5 cm³/mol. The summed E-state index contributed by atoms with van der Waals surface area (Å²) in [5.74, 6) is -4.84. The smallest absolute Gasteiger partial charge is 0.303 e. The van der Waals surface area contributed by atoms with Gasteiger partial charge in [-0.05, 0) is 0 Å². The summed E-state index contributed by atoms with van der Waals surface area (Å²) in [7, 11) is 0. The van der Waals surface area contributed by atoms with Crippen LogP contribution >= 0.6 is 0 Å². The van der Waals surface area contributed by atoms with Gasteiger partial charge in [0.25, 0.3) is 0 Å². The third-order valence-electron chi connectivity index (χ3n) is 3.20. The van der Waals surface area contributed by atoms with Crippen molar-refractivity contribution in [1.82, 2.24) is 0 Å². The maximum absolute atomic E-state index is 11.7. The van der Waals surface area contributed by atoms with Gasteiger partial charge in [-0.3, -0.25) is 28.8 Å². The van der Waals surface area contributed by atoms with Crippen LogP contribution in [0.1, 0.15) is 41.5 Å². The lowest BCUT2D eigenvalue weighted by Gasteiger charge is -2.35. The molecule has 0 heterocycles. The van der Waals surface area contributed by atoms with Crippen molar-refractivity contribution in [1.29, 1.82) is 0 Å². The van der Waals surface area contributed by atoms with Crippen molar-refractivity contribution in [2.75, 3.05) is 13.2 Å². The van der Waals surface area contributed by atoms with Crippen LogP contribution in [-0.4, -0.2) is 73.4 Å². The van der Waals surface area contributed by atoms with Crippen LogP contribution in [0.15, 0.2) is 0 Å². The molecule has 0 saturated heterocycles. The van der Waals surface area contributed by atoms with E-state index in [9.17, 15) is 28.8 Å². The lowest BCUT2D eigenvalue weighted by molar-refractivity contribution is -0.206. The molecule has 0 N–H and O–H groups in total. The van der Waals surface area contributed by atoms with Gasteiger partial charge < -0.3 is 28.4 Å². The first-order valence-corrected chi connectivity index (χ1v) is 8.79. The third-order valence-corrected chi connectivity index (χ3v) is 3.20. The first-order chi connectivity index (χ1) is 13.8. The number of hydrogen-bond acceptors (Lipinski definition) is 12. The van der Waals surface area contributed by atoms with Crippen LogP contribution in [0.4, 0.5) is 0 Å². The third kappa shape index (κ3) is 11.6. The number of esters is 6. The lowest BCUT2D eigenvalue weighted by atomic mass is 10.0. The quantitative estimate of drug-likeness (QED) is 0.313. The Morgan fingerprint density at radius 1 is 0.467 bits per heavy atom. The molecule has 0 spiro atoms. The van der Waals surface area contributed by atoms with E-state index in [1.807, 2.05) is 0 Å². The molecule has 4 atom stereocenters. The Morgan fingerprint density at radius 2 is 0.733 bits per heavy atom. The van der Waals surface area contributed by atoms with Crippen LogP contribution in [0, 0.1) is 0 Å². The molecule has 170 valence electrons. The van der Waals surface area contributed by atoms with Crippen molar-refractivity contribution < 1.29 is 57.2 Å². The van der Waals surface area contributed by atoms with E-state index in [0.29, 0.717) is 0 Å². The van der Waals surface area contributed by atoms with Crippen LogP contribution in [0.25, 0.3) is 0 Å². The molecule has 0 saturated carbocycles. The predicted octanol–water partition coefficient (Wildman–Crippen LogP) is -0.161. The van der Waals surface area contributed by atoms with Crippen molar-refractivity contribution >= 4 is 35.8 Å². The number of carbonyl (C=O) groups is 6. The van der Waals surface area contributed by atoms with E-state index >= 15 is 0 Å². The molecule has 0 aromatic rings. The van der Waals surface area contributed by atoms with Gasteiger partial charge in [0.1, 0.15) is 13.2 Å². The van der Waals surface area contributed by atoms with Gasteiger partial charge in [0, 0.05) is 41.5 Å². The van der Waals surface area contributed by atoms with Crippen molar-refractivity contribution in [3.8, 4) is 0 Å². The number of hydrogen-bond donors (Lipinski definition) is 0. The standard InChI is InChI=1S/C18H26O12/c1-9(19)25-7-15(27-11(3)21)17(29-13(5)23)18(30-14(6)24)16(28-12(4)22)8-26-10(2)20/h15-18H,7-8H2,1-6H3/t15-,16-,17-,18+/m0/s1. The van der Waals surface area contributed by atoms with Gasteiger partial charge in [0.15, 0.2) is 24.4 Å². The first-order valence-electron chi connectivity index (χ1n) is 8.79. The fourth-order valence-electron chi connectivity index (χ4n) is 2.31. The van der Waals surface area contributed by atoms with Crippen LogP contribution in [0.3, 0.4) is 0 Å². The van der Waals surface area contributed by atoms with E-state index in [2.05, 4.69) is 0 Å². The molecular weight excluding hydrogens is 408 g/mol. The SMILES string of the molecule is CC(=O)OC[C@H](OC(C)=O)[C@H](OC(C)=O)[C@H](OC(C)=O)[C@H](COC(C)=O)OC(C)=O. The van der Waals surface area contributed by atoms with Gasteiger partial charge in [0.2, 0.25) is 0 Å². The Balaban J connectivity index is 6.19. The number of rotatable bonds is 11. The molecule has 0 unspecified atom stereocenters. The number of ether oxygens (including phenoxy) is 6. The minimum Gasteiger partial charge on any atom is -0.462 e. The Bertz CT molecular complexity index is 600. The van der Waals surface area contributed by atoms with Crippen molar-refractivity contribution in [2.45, 2.75) is 66.0 Å². The summed E-state index contributed by atoms with van der Waals surface area (Å²) in [4.78, 5) is 68.8. The van der Waals surface area contributed by atoms with Crippen molar-refractivity contribution in [2.24, 2.45) is 0 Å². The molecule has 0 aliphatic carbocycles. The zero-order valence-corrected chi connectivity index (χ0v) is 17.6. The largest absolute Gasteiger partial charge is 0.462 e. The minimum absolute atomic E-state index is 0.565. The Hall–Kier alpha value is -3.18. The average molecular weight is 434 g/mol. The highest BCUT2D eigenvalue weighted by Crippen LogP contribution is 2.20. The van der Waals surface area contributed by atoms with E-state index in [1.54, 1.807) is 0 Å². The highest BCUT2D eigenvalue weighted by molar-refractivity contribution is 5.69.